The van der Waals surface area contributed by atoms with E-state index in [4.69, 9.17) is 4.74 Å². The van der Waals surface area contributed by atoms with Gasteiger partial charge in [0.1, 0.15) is 5.82 Å². The van der Waals surface area contributed by atoms with Gasteiger partial charge in [-0.3, -0.25) is 0 Å². The van der Waals surface area contributed by atoms with Crippen molar-refractivity contribution in [3.63, 3.8) is 0 Å². The predicted molar refractivity (Wildman–Crippen MR) is 73.5 cm³/mol. The molecule has 0 saturated carbocycles. The molecular weight excluding hydrogens is 253 g/mol. The van der Waals surface area contributed by atoms with Crippen LogP contribution in [0.15, 0.2) is 24.3 Å². The molecular formula is C14H21ClFNO. The number of benzene rings is 1. The summed E-state index contributed by atoms with van der Waals surface area (Å²) < 4.78 is 18.8. The van der Waals surface area contributed by atoms with E-state index in [-0.39, 0.29) is 18.2 Å². The molecule has 1 atom stereocenters. The van der Waals surface area contributed by atoms with E-state index >= 15 is 0 Å². The third-order valence-corrected chi connectivity index (χ3v) is 3.28. The van der Waals surface area contributed by atoms with Gasteiger partial charge in [0, 0.05) is 12.2 Å². The van der Waals surface area contributed by atoms with Crippen LogP contribution in [0.2, 0.25) is 0 Å². The summed E-state index contributed by atoms with van der Waals surface area (Å²) in [5.41, 5.74) is 0.647. The number of halogens is 2. The second-order valence-electron chi connectivity index (χ2n) is 4.65. The van der Waals surface area contributed by atoms with E-state index in [0.29, 0.717) is 12.2 Å². The van der Waals surface area contributed by atoms with Crippen LogP contribution in [-0.4, -0.2) is 19.7 Å². The second-order valence-corrected chi connectivity index (χ2v) is 4.65. The lowest BCUT2D eigenvalue weighted by Gasteiger charge is -2.22. The number of ether oxygens (including phenoxy) is 1. The Morgan fingerprint density at radius 2 is 2.17 bits per heavy atom. The molecule has 18 heavy (non-hydrogen) atoms. The lowest BCUT2D eigenvalue weighted by molar-refractivity contribution is 0.101. The van der Waals surface area contributed by atoms with Gasteiger partial charge < -0.3 is 10.1 Å². The minimum absolute atomic E-state index is 0. The van der Waals surface area contributed by atoms with Crippen LogP contribution in [0.1, 0.15) is 24.8 Å². The molecule has 0 amide bonds. The Labute approximate surface area is 114 Å². The molecule has 0 radical (unpaired) electrons. The van der Waals surface area contributed by atoms with Crippen molar-refractivity contribution >= 4 is 12.4 Å². The van der Waals surface area contributed by atoms with Crippen molar-refractivity contribution < 1.29 is 9.13 Å². The molecule has 1 saturated heterocycles. The lowest BCUT2D eigenvalue weighted by Crippen LogP contribution is -2.30. The Morgan fingerprint density at radius 1 is 1.33 bits per heavy atom. The fraction of sp³-hybridized carbons (Fsp3) is 0.571. The number of rotatable bonds is 5. The number of piperidine rings is 1. The Morgan fingerprint density at radius 3 is 2.89 bits per heavy atom. The van der Waals surface area contributed by atoms with Crippen LogP contribution in [0.5, 0.6) is 0 Å². The summed E-state index contributed by atoms with van der Waals surface area (Å²) in [6, 6.07) is 6.79. The van der Waals surface area contributed by atoms with Crippen LogP contribution in [-0.2, 0) is 11.3 Å². The summed E-state index contributed by atoms with van der Waals surface area (Å²) >= 11 is 0. The quantitative estimate of drug-likeness (QED) is 0.832. The van der Waals surface area contributed by atoms with Gasteiger partial charge in [0.15, 0.2) is 0 Å². The highest BCUT2D eigenvalue weighted by Crippen LogP contribution is 2.14. The highest BCUT2D eigenvalue weighted by atomic mass is 35.5. The highest BCUT2D eigenvalue weighted by Gasteiger charge is 2.12. The molecule has 0 aromatic heterocycles. The maximum absolute atomic E-state index is 13.3. The van der Waals surface area contributed by atoms with Crippen molar-refractivity contribution in [2.24, 2.45) is 5.92 Å². The van der Waals surface area contributed by atoms with Gasteiger partial charge in [0.2, 0.25) is 0 Å². The standard InChI is InChI=1S/C14H20FNO.ClH/c15-14-6-2-1-5-13(14)11-17-9-7-12-4-3-8-16-10-12;/h1-2,5-6,12,16H,3-4,7-11H2;1H. The Bertz CT molecular complexity index is 342. The van der Waals surface area contributed by atoms with Crippen LogP contribution >= 0.6 is 12.4 Å². The van der Waals surface area contributed by atoms with Crippen molar-refractivity contribution in [1.82, 2.24) is 5.32 Å². The molecule has 0 spiro atoms. The van der Waals surface area contributed by atoms with E-state index < -0.39 is 0 Å². The molecule has 1 aliphatic rings. The van der Waals surface area contributed by atoms with Gasteiger partial charge in [-0.15, -0.1) is 12.4 Å². The maximum atomic E-state index is 13.3. The first kappa shape index (κ1) is 15.4. The van der Waals surface area contributed by atoms with Crippen molar-refractivity contribution in [3.05, 3.63) is 35.6 Å². The van der Waals surface area contributed by atoms with E-state index in [2.05, 4.69) is 5.32 Å². The third-order valence-electron chi connectivity index (χ3n) is 3.28. The fourth-order valence-electron chi connectivity index (χ4n) is 2.22. The smallest absolute Gasteiger partial charge is 0.128 e. The van der Waals surface area contributed by atoms with Gasteiger partial charge in [-0.25, -0.2) is 4.39 Å². The molecule has 1 fully saturated rings. The molecule has 2 nitrogen and oxygen atoms in total. The average molecular weight is 274 g/mol. The second kappa shape index (κ2) is 8.46. The van der Waals surface area contributed by atoms with Crippen LogP contribution in [0.25, 0.3) is 0 Å². The van der Waals surface area contributed by atoms with E-state index in [1.54, 1.807) is 12.1 Å². The summed E-state index contributed by atoms with van der Waals surface area (Å²) in [5.74, 6) is 0.552. The fourth-order valence-corrected chi connectivity index (χ4v) is 2.22. The normalized spacial score (nSPS) is 19.3. The van der Waals surface area contributed by atoms with E-state index in [1.165, 1.54) is 18.9 Å². The molecule has 1 aromatic carbocycles. The summed E-state index contributed by atoms with van der Waals surface area (Å²) in [5, 5.41) is 3.39. The largest absolute Gasteiger partial charge is 0.377 e. The summed E-state index contributed by atoms with van der Waals surface area (Å²) in [7, 11) is 0. The Kier molecular flexibility index (Phi) is 7.25. The van der Waals surface area contributed by atoms with Crippen LogP contribution < -0.4 is 5.32 Å². The van der Waals surface area contributed by atoms with Crippen molar-refractivity contribution in [2.75, 3.05) is 19.7 Å². The minimum atomic E-state index is -0.174. The Hall–Kier alpha value is -0.640. The predicted octanol–water partition coefficient (Wildman–Crippen LogP) is 3.15. The third kappa shape index (κ3) is 4.92. The number of hydrogen-bond donors (Lipinski definition) is 1. The summed E-state index contributed by atoms with van der Waals surface area (Å²) in [6.07, 6.45) is 3.62. The molecule has 102 valence electrons. The number of nitrogens with one attached hydrogen (secondary N) is 1. The van der Waals surface area contributed by atoms with Crippen molar-refractivity contribution in [1.29, 1.82) is 0 Å². The van der Waals surface area contributed by atoms with Gasteiger partial charge in [0.05, 0.1) is 6.61 Å². The van der Waals surface area contributed by atoms with Gasteiger partial charge in [0.25, 0.3) is 0 Å². The number of hydrogen-bond acceptors (Lipinski definition) is 2. The van der Waals surface area contributed by atoms with E-state index in [0.717, 1.165) is 32.0 Å². The first-order valence-electron chi connectivity index (χ1n) is 6.38. The van der Waals surface area contributed by atoms with Crippen LogP contribution in [0.3, 0.4) is 0 Å². The molecule has 1 N–H and O–H groups in total. The molecule has 1 aromatic rings. The van der Waals surface area contributed by atoms with Crippen molar-refractivity contribution in [2.45, 2.75) is 25.9 Å². The van der Waals surface area contributed by atoms with Gasteiger partial charge >= 0.3 is 0 Å². The molecule has 2 rings (SSSR count). The highest BCUT2D eigenvalue weighted by molar-refractivity contribution is 5.85. The Balaban J connectivity index is 0.00000162. The molecule has 1 unspecified atom stereocenters. The summed E-state index contributed by atoms with van der Waals surface area (Å²) in [4.78, 5) is 0. The monoisotopic (exact) mass is 273 g/mol. The first-order valence-corrected chi connectivity index (χ1v) is 6.38. The molecule has 1 heterocycles. The maximum Gasteiger partial charge on any atom is 0.128 e. The van der Waals surface area contributed by atoms with Gasteiger partial charge in [-0.1, -0.05) is 18.2 Å². The zero-order valence-electron chi connectivity index (χ0n) is 10.5. The molecule has 0 bridgehead atoms. The lowest BCUT2D eigenvalue weighted by atomic mass is 9.97. The zero-order valence-corrected chi connectivity index (χ0v) is 11.3. The SMILES string of the molecule is Cl.Fc1ccccc1COCCC1CCCNC1. The molecule has 4 heteroatoms. The van der Waals surface area contributed by atoms with Crippen LogP contribution in [0, 0.1) is 11.7 Å². The molecule has 1 aliphatic heterocycles. The zero-order chi connectivity index (χ0) is 11.9. The van der Waals surface area contributed by atoms with Crippen molar-refractivity contribution in [3.8, 4) is 0 Å². The minimum Gasteiger partial charge on any atom is -0.377 e. The average Bonchev–Trinajstić information content (AvgIpc) is 2.38. The topological polar surface area (TPSA) is 21.3 Å². The summed E-state index contributed by atoms with van der Waals surface area (Å²) in [6.45, 7) is 3.35. The van der Waals surface area contributed by atoms with Crippen LogP contribution in [0.4, 0.5) is 4.39 Å². The molecule has 0 aliphatic carbocycles. The van der Waals surface area contributed by atoms with E-state index in [9.17, 15) is 4.39 Å². The first-order chi connectivity index (χ1) is 8.36. The van der Waals surface area contributed by atoms with Gasteiger partial charge in [-0.05, 0) is 44.3 Å². The van der Waals surface area contributed by atoms with E-state index in [1.807, 2.05) is 6.07 Å². The van der Waals surface area contributed by atoms with Gasteiger partial charge in [-0.2, -0.15) is 0 Å².